The van der Waals surface area contributed by atoms with Crippen LogP contribution >= 0.6 is 0 Å². The highest BCUT2D eigenvalue weighted by atomic mass is 16.5. The SMILES string of the molecule is CC(=O)C1=C(O)C(=O)N(c2ccc(OCC(=O)O)cc2)[C@H]1c1ccccc1. The zero-order valence-electron chi connectivity index (χ0n) is 14.5. The number of aliphatic hydroxyl groups excluding tert-OH is 1. The largest absolute Gasteiger partial charge is 0.503 e. The highest BCUT2D eigenvalue weighted by molar-refractivity contribution is 6.16. The summed E-state index contributed by atoms with van der Waals surface area (Å²) in [5, 5.41) is 18.9. The van der Waals surface area contributed by atoms with E-state index in [0.717, 1.165) is 0 Å². The van der Waals surface area contributed by atoms with Crippen molar-refractivity contribution in [1.29, 1.82) is 0 Å². The van der Waals surface area contributed by atoms with Crippen molar-refractivity contribution in [2.45, 2.75) is 13.0 Å². The number of rotatable bonds is 6. The van der Waals surface area contributed by atoms with Gasteiger partial charge in [-0.2, -0.15) is 0 Å². The van der Waals surface area contributed by atoms with Gasteiger partial charge in [0.15, 0.2) is 18.1 Å². The Morgan fingerprint density at radius 2 is 1.70 bits per heavy atom. The zero-order valence-corrected chi connectivity index (χ0v) is 14.5. The molecule has 2 N–H and O–H groups in total. The number of ketones is 1. The van der Waals surface area contributed by atoms with Gasteiger partial charge in [0.25, 0.3) is 5.91 Å². The fraction of sp³-hybridized carbons (Fsp3) is 0.150. The van der Waals surface area contributed by atoms with Crippen molar-refractivity contribution in [2.75, 3.05) is 11.5 Å². The van der Waals surface area contributed by atoms with E-state index in [-0.39, 0.29) is 5.57 Å². The van der Waals surface area contributed by atoms with E-state index in [4.69, 9.17) is 9.84 Å². The summed E-state index contributed by atoms with van der Waals surface area (Å²) in [4.78, 5) is 36.7. The van der Waals surface area contributed by atoms with Gasteiger partial charge in [-0.15, -0.1) is 0 Å². The van der Waals surface area contributed by atoms with Crippen LogP contribution in [0.5, 0.6) is 5.75 Å². The molecule has 0 saturated heterocycles. The monoisotopic (exact) mass is 367 g/mol. The molecule has 0 radical (unpaired) electrons. The minimum Gasteiger partial charge on any atom is -0.503 e. The summed E-state index contributed by atoms with van der Waals surface area (Å²) in [5.74, 6) is -2.40. The minimum atomic E-state index is -1.10. The molecule has 0 fully saturated rings. The molecule has 1 amide bonds. The number of amides is 1. The molecule has 1 atom stereocenters. The Balaban J connectivity index is 1.99. The van der Waals surface area contributed by atoms with Crippen LogP contribution in [0.15, 0.2) is 65.9 Å². The van der Waals surface area contributed by atoms with Crippen molar-refractivity contribution in [2.24, 2.45) is 0 Å². The van der Waals surface area contributed by atoms with Crippen LogP contribution in [0.4, 0.5) is 5.69 Å². The lowest BCUT2D eigenvalue weighted by molar-refractivity contribution is -0.139. The number of carboxylic acids is 1. The molecule has 1 aliphatic rings. The Kier molecular flexibility index (Phi) is 4.94. The number of nitrogens with zero attached hydrogens (tertiary/aromatic N) is 1. The van der Waals surface area contributed by atoms with Crippen LogP contribution in [-0.2, 0) is 14.4 Å². The first-order valence-electron chi connectivity index (χ1n) is 8.17. The predicted molar refractivity (Wildman–Crippen MR) is 96.6 cm³/mol. The molecule has 0 bridgehead atoms. The summed E-state index contributed by atoms with van der Waals surface area (Å²) in [6, 6.07) is 14.4. The number of hydrogen-bond donors (Lipinski definition) is 2. The summed E-state index contributed by atoms with van der Waals surface area (Å²) in [6.45, 7) is 0.826. The molecule has 27 heavy (non-hydrogen) atoms. The lowest BCUT2D eigenvalue weighted by atomic mass is 9.96. The van der Waals surface area contributed by atoms with Gasteiger partial charge in [0.1, 0.15) is 5.75 Å². The summed E-state index contributed by atoms with van der Waals surface area (Å²) in [7, 11) is 0. The molecule has 3 rings (SSSR count). The maximum absolute atomic E-state index is 12.7. The lowest BCUT2D eigenvalue weighted by Gasteiger charge is -2.26. The number of carboxylic acid groups (broad SMARTS) is 1. The van der Waals surface area contributed by atoms with E-state index in [9.17, 15) is 19.5 Å². The molecule has 0 saturated carbocycles. The third kappa shape index (κ3) is 3.52. The van der Waals surface area contributed by atoms with Crippen molar-refractivity contribution in [3.8, 4) is 5.75 Å². The van der Waals surface area contributed by atoms with E-state index in [1.807, 2.05) is 6.07 Å². The van der Waals surface area contributed by atoms with Crippen LogP contribution in [0.25, 0.3) is 0 Å². The van der Waals surface area contributed by atoms with Crippen LogP contribution in [-0.4, -0.2) is 34.5 Å². The van der Waals surface area contributed by atoms with Gasteiger partial charge in [0.2, 0.25) is 0 Å². The minimum absolute atomic E-state index is 0.0393. The number of aliphatic carboxylic acids is 1. The summed E-state index contributed by atoms with van der Waals surface area (Å²) < 4.78 is 5.09. The first-order chi connectivity index (χ1) is 12.9. The molecular weight excluding hydrogens is 350 g/mol. The molecule has 138 valence electrons. The summed E-state index contributed by atoms with van der Waals surface area (Å²) in [5.41, 5.74) is 1.17. The van der Waals surface area contributed by atoms with Gasteiger partial charge in [0, 0.05) is 5.69 Å². The van der Waals surface area contributed by atoms with Gasteiger partial charge in [0.05, 0.1) is 11.6 Å². The van der Waals surface area contributed by atoms with Gasteiger partial charge in [-0.25, -0.2) is 4.79 Å². The van der Waals surface area contributed by atoms with Crippen molar-refractivity contribution in [3.05, 3.63) is 71.5 Å². The van der Waals surface area contributed by atoms with Gasteiger partial charge in [-0.1, -0.05) is 30.3 Å². The molecule has 7 nitrogen and oxygen atoms in total. The van der Waals surface area contributed by atoms with Crippen LogP contribution in [0, 0.1) is 0 Å². The number of carbonyl (C=O) groups excluding carboxylic acids is 2. The van der Waals surface area contributed by atoms with Gasteiger partial charge in [-0.05, 0) is 36.8 Å². The van der Waals surface area contributed by atoms with Crippen LogP contribution < -0.4 is 9.64 Å². The normalized spacial score (nSPS) is 16.6. The molecule has 2 aromatic rings. The van der Waals surface area contributed by atoms with E-state index >= 15 is 0 Å². The molecule has 0 spiro atoms. The first kappa shape index (κ1) is 18.2. The number of anilines is 1. The highest BCUT2D eigenvalue weighted by Crippen LogP contribution is 2.41. The summed E-state index contributed by atoms with van der Waals surface area (Å²) >= 11 is 0. The second-order valence-corrected chi connectivity index (χ2v) is 5.98. The topological polar surface area (TPSA) is 104 Å². The molecule has 1 heterocycles. The number of hydrogen-bond acceptors (Lipinski definition) is 5. The van der Waals surface area contributed by atoms with E-state index in [1.165, 1.54) is 24.0 Å². The van der Waals surface area contributed by atoms with Gasteiger partial charge < -0.3 is 14.9 Å². The molecule has 0 aliphatic carbocycles. The molecule has 0 aromatic heterocycles. The molecule has 1 aliphatic heterocycles. The number of ether oxygens (including phenoxy) is 1. The van der Waals surface area contributed by atoms with Crippen molar-refractivity contribution in [3.63, 3.8) is 0 Å². The maximum Gasteiger partial charge on any atom is 0.341 e. The van der Waals surface area contributed by atoms with Crippen LogP contribution in [0.2, 0.25) is 0 Å². The fourth-order valence-electron chi connectivity index (χ4n) is 3.03. The number of Topliss-reactive ketones (excluding diaryl/α,β-unsaturated/α-hetero) is 1. The maximum atomic E-state index is 12.7. The Morgan fingerprint density at radius 1 is 1.07 bits per heavy atom. The Bertz CT molecular complexity index is 917. The first-order valence-corrected chi connectivity index (χ1v) is 8.17. The Labute approximate surface area is 155 Å². The van der Waals surface area contributed by atoms with Gasteiger partial charge >= 0.3 is 5.97 Å². The second kappa shape index (κ2) is 7.33. The molecule has 7 heteroatoms. The number of benzene rings is 2. The average Bonchev–Trinajstić information content (AvgIpc) is 2.92. The molecular formula is C20H17NO6. The zero-order chi connectivity index (χ0) is 19.6. The highest BCUT2D eigenvalue weighted by Gasteiger charge is 2.43. The van der Waals surface area contributed by atoms with Crippen LogP contribution in [0.3, 0.4) is 0 Å². The second-order valence-electron chi connectivity index (χ2n) is 5.98. The quantitative estimate of drug-likeness (QED) is 0.813. The Hall–Kier alpha value is -3.61. The summed E-state index contributed by atoms with van der Waals surface area (Å²) in [6.07, 6.45) is 0. The van der Waals surface area contributed by atoms with E-state index in [0.29, 0.717) is 17.0 Å². The smallest absolute Gasteiger partial charge is 0.341 e. The van der Waals surface area contributed by atoms with Crippen molar-refractivity contribution < 1.29 is 29.3 Å². The predicted octanol–water partition coefficient (Wildman–Crippen LogP) is 2.64. The van der Waals surface area contributed by atoms with E-state index in [2.05, 4.69) is 0 Å². The molecule has 2 aromatic carbocycles. The lowest BCUT2D eigenvalue weighted by Crippen LogP contribution is -2.30. The van der Waals surface area contributed by atoms with E-state index < -0.39 is 36.1 Å². The average molecular weight is 367 g/mol. The standard InChI is InChI=1S/C20H17NO6/c1-12(22)17-18(13-5-3-2-4-6-13)21(20(26)19(17)25)14-7-9-15(10-8-14)27-11-16(23)24/h2-10,18,25H,11H2,1H3,(H,23,24)/t18-/m0/s1. The fourth-order valence-corrected chi connectivity index (χ4v) is 3.03. The third-order valence-corrected chi connectivity index (χ3v) is 4.18. The molecule has 0 unspecified atom stereocenters. The van der Waals surface area contributed by atoms with E-state index in [1.54, 1.807) is 36.4 Å². The Morgan fingerprint density at radius 3 is 2.26 bits per heavy atom. The number of aliphatic hydroxyl groups is 1. The third-order valence-electron chi connectivity index (χ3n) is 4.18. The van der Waals surface area contributed by atoms with Gasteiger partial charge in [-0.3, -0.25) is 14.5 Å². The van der Waals surface area contributed by atoms with Crippen LogP contribution in [0.1, 0.15) is 18.5 Å². The number of carbonyl (C=O) groups is 3. The van der Waals surface area contributed by atoms with Crippen molar-refractivity contribution in [1.82, 2.24) is 0 Å². The van der Waals surface area contributed by atoms with Crippen molar-refractivity contribution >= 4 is 23.3 Å².